The van der Waals surface area contributed by atoms with Crippen LogP contribution in [0.4, 0.5) is 15.3 Å². The molecule has 0 saturated heterocycles. The van der Waals surface area contributed by atoms with E-state index in [9.17, 15) is 24.3 Å². The molecule has 0 aliphatic rings. The molecule has 0 unspecified atom stereocenters. The summed E-state index contributed by atoms with van der Waals surface area (Å²) in [5.41, 5.74) is 0.459. The number of amides is 3. The highest BCUT2D eigenvalue weighted by Gasteiger charge is 2.23. The van der Waals surface area contributed by atoms with Crippen LogP contribution in [-0.4, -0.2) is 53.0 Å². The van der Waals surface area contributed by atoms with E-state index in [4.69, 9.17) is 14.2 Å². The van der Waals surface area contributed by atoms with E-state index in [2.05, 4.69) is 16.0 Å². The average molecular weight is 600 g/mol. The van der Waals surface area contributed by atoms with Gasteiger partial charge in [-0.25, -0.2) is 9.59 Å². The van der Waals surface area contributed by atoms with Gasteiger partial charge in [-0.1, -0.05) is 36.4 Å². The molecule has 236 valence electrons. The third-order valence-electron chi connectivity index (χ3n) is 5.72. The molecule has 0 spiro atoms. The Morgan fingerprint density at radius 1 is 0.837 bits per heavy atom. The van der Waals surface area contributed by atoms with Gasteiger partial charge in [-0.2, -0.15) is 0 Å². The van der Waals surface area contributed by atoms with Gasteiger partial charge in [0.05, 0.1) is 5.69 Å². The van der Waals surface area contributed by atoms with Crippen LogP contribution in [0.5, 0.6) is 5.75 Å². The van der Waals surface area contributed by atoms with Crippen molar-refractivity contribution in [2.75, 3.05) is 11.9 Å². The summed E-state index contributed by atoms with van der Waals surface area (Å²) in [7, 11) is 0. The number of carbonyl (C=O) groups excluding carboxylic acids is 4. The van der Waals surface area contributed by atoms with Gasteiger partial charge in [0.2, 0.25) is 5.91 Å². The Kier molecular flexibility index (Phi) is 13.3. The van der Waals surface area contributed by atoms with E-state index in [-0.39, 0.29) is 55.7 Å². The van der Waals surface area contributed by atoms with Crippen molar-refractivity contribution in [3.8, 4) is 5.75 Å². The van der Waals surface area contributed by atoms with Crippen LogP contribution in [-0.2, 0) is 36.8 Å². The minimum Gasteiger partial charge on any atom is -0.506 e. The average Bonchev–Trinajstić information content (AvgIpc) is 2.89. The largest absolute Gasteiger partial charge is 0.506 e. The standard InChI is InChI=1S/C32H45N3O8/c1-31(2,3)42-28(38)17-15-24(34-30(40)43-32(4,5)6)19-23-14-16-26(36)25(20-23)35-27(37)13-10-18-33-29(39)41-21-22-11-8-7-9-12-22/h7-9,11-12,14,16,20,24,36H,10,13,15,17-19,21H2,1-6H3,(H,33,39)(H,34,40)(H,35,37)/t24-/m1/s1. The predicted octanol–water partition coefficient (Wildman–Crippen LogP) is 5.60. The van der Waals surface area contributed by atoms with Crippen molar-refractivity contribution in [3.63, 3.8) is 0 Å². The number of nitrogens with one attached hydrogen (secondary N) is 3. The number of phenolic OH excluding ortho intramolecular Hbond substituents is 1. The molecule has 0 aromatic heterocycles. The minimum absolute atomic E-state index is 0.0766. The van der Waals surface area contributed by atoms with Gasteiger partial charge in [-0.05, 0) is 84.1 Å². The number of hydrogen-bond donors (Lipinski definition) is 4. The van der Waals surface area contributed by atoms with E-state index in [1.54, 1.807) is 53.7 Å². The van der Waals surface area contributed by atoms with Crippen molar-refractivity contribution in [2.24, 2.45) is 0 Å². The van der Waals surface area contributed by atoms with Crippen molar-refractivity contribution in [3.05, 3.63) is 59.7 Å². The van der Waals surface area contributed by atoms with Crippen LogP contribution in [0.25, 0.3) is 0 Å². The van der Waals surface area contributed by atoms with E-state index < -0.39 is 29.4 Å². The van der Waals surface area contributed by atoms with E-state index >= 15 is 0 Å². The molecule has 0 aliphatic carbocycles. The molecule has 43 heavy (non-hydrogen) atoms. The van der Waals surface area contributed by atoms with Gasteiger partial charge in [0.25, 0.3) is 0 Å². The molecule has 11 heteroatoms. The van der Waals surface area contributed by atoms with Gasteiger partial charge < -0.3 is 35.3 Å². The third kappa shape index (κ3) is 15.5. The van der Waals surface area contributed by atoms with Gasteiger partial charge in [0.15, 0.2) is 0 Å². The number of alkyl carbamates (subject to hydrolysis) is 2. The topological polar surface area (TPSA) is 152 Å². The molecule has 0 bridgehead atoms. The van der Waals surface area contributed by atoms with Crippen LogP contribution in [0.15, 0.2) is 48.5 Å². The van der Waals surface area contributed by atoms with Gasteiger partial charge >= 0.3 is 18.2 Å². The minimum atomic E-state index is -0.701. The normalized spacial score (nSPS) is 12.0. The Bertz CT molecular complexity index is 1220. The second-order valence-electron chi connectivity index (χ2n) is 12.2. The second-order valence-corrected chi connectivity index (χ2v) is 12.2. The highest BCUT2D eigenvalue weighted by atomic mass is 16.6. The van der Waals surface area contributed by atoms with Crippen molar-refractivity contribution >= 4 is 29.8 Å². The molecule has 0 radical (unpaired) electrons. The maximum atomic E-state index is 12.5. The quantitative estimate of drug-likeness (QED) is 0.101. The van der Waals surface area contributed by atoms with Crippen LogP contribution in [0.2, 0.25) is 0 Å². The summed E-state index contributed by atoms with van der Waals surface area (Å²) in [5.74, 6) is -0.855. The molecule has 0 heterocycles. The molecule has 4 N–H and O–H groups in total. The number of benzene rings is 2. The summed E-state index contributed by atoms with van der Waals surface area (Å²) in [4.78, 5) is 49.2. The zero-order valence-electron chi connectivity index (χ0n) is 26.0. The molecular formula is C32H45N3O8. The Morgan fingerprint density at radius 2 is 1.51 bits per heavy atom. The molecule has 2 aromatic rings. The molecule has 0 aliphatic heterocycles. The van der Waals surface area contributed by atoms with E-state index in [1.165, 1.54) is 6.07 Å². The van der Waals surface area contributed by atoms with E-state index in [0.29, 0.717) is 18.4 Å². The number of hydrogen-bond acceptors (Lipinski definition) is 8. The number of aromatic hydroxyl groups is 1. The number of anilines is 1. The van der Waals surface area contributed by atoms with Gasteiger partial charge in [-0.3, -0.25) is 9.59 Å². The fraction of sp³-hybridized carbons (Fsp3) is 0.500. The lowest BCUT2D eigenvalue weighted by Gasteiger charge is -2.24. The van der Waals surface area contributed by atoms with Crippen LogP contribution in [0, 0.1) is 0 Å². The molecule has 0 fully saturated rings. The predicted molar refractivity (Wildman–Crippen MR) is 163 cm³/mol. The lowest BCUT2D eigenvalue weighted by molar-refractivity contribution is -0.155. The summed E-state index contributed by atoms with van der Waals surface area (Å²) in [6.07, 6.45) is -0.0617. The van der Waals surface area contributed by atoms with Gasteiger partial charge in [-0.15, -0.1) is 0 Å². The van der Waals surface area contributed by atoms with Crippen LogP contribution < -0.4 is 16.0 Å². The van der Waals surface area contributed by atoms with Crippen LogP contribution >= 0.6 is 0 Å². The summed E-state index contributed by atoms with van der Waals surface area (Å²) < 4.78 is 15.9. The van der Waals surface area contributed by atoms with Gasteiger partial charge in [0, 0.05) is 25.4 Å². The second kappa shape index (κ2) is 16.4. The zero-order chi connectivity index (χ0) is 32.0. The first kappa shape index (κ1) is 34.9. The molecule has 3 amide bonds. The Labute approximate surface area is 253 Å². The number of carbonyl (C=O) groups is 4. The fourth-order valence-electron chi connectivity index (χ4n) is 3.91. The zero-order valence-corrected chi connectivity index (χ0v) is 26.0. The van der Waals surface area contributed by atoms with Crippen molar-refractivity contribution in [2.45, 2.75) is 97.5 Å². The number of rotatable bonds is 13. The molecule has 2 aromatic carbocycles. The molecule has 11 nitrogen and oxygen atoms in total. The van der Waals surface area contributed by atoms with Crippen molar-refractivity contribution < 1.29 is 38.5 Å². The lowest BCUT2D eigenvalue weighted by atomic mass is 10.0. The summed E-state index contributed by atoms with van der Waals surface area (Å²) in [5, 5.41) is 18.4. The van der Waals surface area contributed by atoms with Crippen LogP contribution in [0.1, 0.15) is 78.4 Å². The third-order valence-corrected chi connectivity index (χ3v) is 5.72. The molecule has 1 atom stereocenters. The monoisotopic (exact) mass is 599 g/mol. The first-order chi connectivity index (χ1) is 20.1. The Balaban J connectivity index is 1.91. The highest BCUT2D eigenvalue weighted by molar-refractivity contribution is 5.92. The Hall–Kier alpha value is -4.28. The summed E-state index contributed by atoms with van der Waals surface area (Å²) in [6, 6.07) is 13.5. The maximum absolute atomic E-state index is 12.5. The lowest BCUT2D eigenvalue weighted by Crippen LogP contribution is -2.40. The molecule has 2 rings (SSSR count). The van der Waals surface area contributed by atoms with Crippen molar-refractivity contribution in [1.82, 2.24) is 10.6 Å². The Morgan fingerprint density at radius 3 is 2.16 bits per heavy atom. The molecular weight excluding hydrogens is 554 g/mol. The highest BCUT2D eigenvalue weighted by Crippen LogP contribution is 2.26. The van der Waals surface area contributed by atoms with Crippen LogP contribution in [0.3, 0.4) is 0 Å². The van der Waals surface area contributed by atoms with E-state index in [0.717, 1.165) is 5.56 Å². The summed E-state index contributed by atoms with van der Waals surface area (Å²) >= 11 is 0. The first-order valence-electron chi connectivity index (χ1n) is 14.4. The summed E-state index contributed by atoms with van der Waals surface area (Å²) in [6.45, 7) is 11.0. The van der Waals surface area contributed by atoms with E-state index in [1.807, 2.05) is 30.3 Å². The fourth-order valence-corrected chi connectivity index (χ4v) is 3.91. The number of phenols is 1. The van der Waals surface area contributed by atoms with Gasteiger partial charge in [0.1, 0.15) is 23.6 Å². The smallest absolute Gasteiger partial charge is 0.407 e. The SMILES string of the molecule is CC(C)(C)OC(=O)CC[C@H](Cc1ccc(O)c(NC(=O)CCCNC(=O)OCc2ccccc2)c1)NC(=O)OC(C)(C)C. The number of ether oxygens (including phenoxy) is 3. The first-order valence-corrected chi connectivity index (χ1v) is 14.4. The maximum Gasteiger partial charge on any atom is 0.407 e. The van der Waals surface area contributed by atoms with Crippen molar-refractivity contribution in [1.29, 1.82) is 0 Å². The number of esters is 1. The molecule has 0 saturated carbocycles.